The van der Waals surface area contributed by atoms with E-state index in [9.17, 15) is 5.11 Å². The molecule has 2 N–H and O–H groups in total. The number of nitrogens with one attached hydrogen (secondary N) is 1. The zero-order valence-electron chi connectivity index (χ0n) is 11.8. The first-order valence-electron chi connectivity index (χ1n) is 6.87. The highest BCUT2D eigenvalue weighted by Gasteiger charge is 2.14. The molecule has 0 aliphatic carbocycles. The van der Waals surface area contributed by atoms with Crippen LogP contribution in [0, 0.1) is 0 Å². The van der Waals surface area contributed by atoms with E-state index < -0.39 is 6.10 Å². The van der Waals surface area contributed by atoms with Crippen LogP contribution in [0.1, 0.15) is 0 Å². The summed E-state index contributed by atoms with van der Waals surface area (Å²) in [5, 5.41) is 12.7. The topological polar surface area (TPSA) is 48.0 Å². The van der Waals surface area contributed by atoms with E-state index in [4.69, 9.17) is 16.3 Å². The van der Waals surface area contributed by atoms with Crippen LogP contribution >= 0.6 is 11.6 Å². The minimum Gasteiger partial charge on any atom is -0.491 e. The van der Waals surface area contributed by atoms with Crippen molar-refractivity contribution in [2.45, 2.75) is 6.10 Å². The number of rotatable bonds is 6. The second-order valence-electron chi connectivity index (χ2n) is 5.07. The number of benzene rings is 1. The van der Waals surface area contributed by atoms with Crippen molar-refractivity contribution in [1.29, 1.82) is 0 Å². The smallest absolute Gasteiger partial charge is 0.119 e. The van der Waals surface area contributed by atoms with Crippen LogP contribution in [-0.2, 0) is 0 Å². The molecule has 0 saturated carbocycles. The Kier molecular flexibility index (Phi) is 6.06. The lowest BCUT2D eigenvalue weighted by atomic mass is 10.3. The van der Waals surface area contributed by atoms with Crippen molar-refractivity contribution in [3.8, 4) is 5.75 Å². The van der Waals surface area contributed by atoms with Crippen molar-refractivity contribution in [2.24, 2.45) is 0 Å². The average Bonchev–Trinajstić information content (AvgIpc) is 2.46. The van der Waals surface area contributed by atoms with Gasteiger partial charge in [0.1, 0.15) is 18.5 Å². The number of likely N-dealkylation sites (N-methyl/N-ethyl adjacent to an activating group) is 1. The van der Waals surface area contributed by atoms with Crippen molar-refractivity contribution in [2.75, 3.05) is 46.4 Å². The SMILES string of the molecule is CN1CCN(NCC(O)COc2ccc(Cl)cc2)CC1. The Morgan fingerprint density at radius 1 is 1.25 bits per heavy atom. The average molecular weight is 300 g/mol. The van der Waals surface area contributed by atoms with Gasteiger partial charge in [0.15, 0.2) is 0 Å². The molecular formula is C14H22ClN3O2. The van der Waals surface area contributed by atoms with Gasteiger partial charge in [-0.1, -0.05) is 11.6 Å². The molecule has 1 unspecified atom stereocenters. The Morgan fingerprint density at radius 3 is 2.55 bits per heavy atom. The van der Waals surface area contributed by atoms with E-state index in [1.54, 1.807) is 24.3 Å². The van der Waals surface area contributed by atoms with Gasteiger partial charge < -0.3 is 14.7 Å². The molecule has 1 fully saturated rings. The summed E-state index contributed by atoms with van der Waals surface area (Å²) in [7, 11) is 2.12. The van der Waals surface area contributed by atoms with Crippen molar-refractivity contribution < 1.29 is 9.84 Å². The van der Waals surface area contributed by atoms with Crippen molar-refractivity contribution in [3.63, 3.8) is 0 Å². The lowest BCUT2D eigenvalue weighted by Gasteiger charge is -2.33. The van der Waals surface area contributed by atoms with Gasteiger partial charge in [0, 0.05) is 37.7 Å². The minimum atomic E-state index is -0.537. The van der Waals surface area contributed by atoms with E-state index in [0.717, 1.165) is 26.2 Å². The van der Waals surface area contributed by atoms with Crippen LogP contribution < -0.4 is 10.2 Å². The maximum Gasteiger partial charge on any atom is 0.119 e. The summed E-state index contributed by atoms with van der Waals surface area (Å²) >= 11 is 5.80. The molecule has 1 aromatic rings. The van der Waals surface area contributed by atoms with Gasteiger partial charge in [-0.2, -0.15) is 0 Å². The molecule has 1 atom stereocenters. The number of halogens is 1. The molecule has 0 aromatic heterocycles. The molecule has 0 bridgehead atoms. The fourth-order valence-corrected chi connectivity index (χ4v) is 2.11. The summed E-state index contributed by atoms with van der Waals surface area (Å²) in [6.07, 6.45) is -0.537. The van der Waals surface area contributed by atoms with Crippen LogP contribution in [0.3, 0.4) is 0 Å². The van der Waals surface area contributed by atoms with E-state index in [1.807, 2.05) is 0 Å². The Labute approximate surface area is 125 Å². The monoisotopic (exact) mass is 299 g/mol. The fraction of sp³-hybridized carbons (Fsp3) is 0.571. The summed E-state index contributed by atoms with van der Waals surface area (Å²) in [5.41, 5.74) is 3.24. The third-order valence-corrected chi connectivity index (χ3v) is 3.56. The number of nitrogens with zero attached hydrogens (tertiary/aromatic N) is 2. The van der Waals surface area contributed by atoms with E-state index >= 15 is 0 Å². The highest BCUT2D eigenvalue weighted by molar-refractivity contribution is 6.30. The van der Waals surface area contributed by atoms with Crippen molar-refractivity contribution >= 4 is 11.6 Å². The number of piperazine rings is 1. The van der Waals surface area contributed by atoms with Gasteiger partial charge in [-0.3, -0.25) is 5.43 Å². The molecule has 1 aromatic carbocycles. The molecule has 20 heavy (non-hydrogen) atoms. The minimum absolute atomic E-state index is 0.266. The summed E-state index contributed by atoms with van der Waals surface area (Å²) in [6, 6.07) is 7.13. The van der Waals surface area contributed by atoms with Gasteiger partial charge in [-0.15, -0.1) is 0 Å². The molecule has 1 heterocycles. The fourth-order valence-electron chi connectivity index (χ4n) is 1.98. The second kappa shape index (κ2) is 7.81. The largest absolute Gasteiger partial charge is 0.491 e. The first kappa shape index (κ1) is 15.5. The summed E-state index contributed by atoms with van der Waals surface area (Å²) in [5.74, 6) is 0.716. The van der Waals surface area contributed by atoms with Crippen LogP contribution in [0.2, 0.25) is 5.02 Å². The third-order valence-electron chi connectivity index (χ3n) is 3.31. The summed E-state index contributed by atoms with van der Waals surface area (Å²) < 4.78 is 5.50. The van der Waals surface area contributed by atoms with Crippen LogP contribution in [0.15, 0.2) is 24.3 Å². The van der Waals surface area contributed by atoms with E-state index in [2.05, 4.69) is 22.4 Å². The second-order valence-corrected chi connectivity index (χ2v) is 5.51. The van der Waals surface area contributed by atoms with E-state index in [-0.39, 0.29) is 6.61 Å². The van der Waals surface area contributed by atoms with Gasteiger partial charge in [0.2, 0.25) is 0 Å². The molecule has 1 saturated heterocycles. The van der Waals surface area contributed by atoms with Crippen LogP contribution in [0.25, 0.3) is 0 Å². The van der Waals surface area contributed by atoms with Crippen LogP contribution in [-0.4, -0.2) is 67.5 Å². The third kappa shape index (κ3) is 5.26. The number of hydrazine groups is 1. The zero-order chi connectivity index (χ0) is 14.4. The highest BCUT2D eigenvalue weighted by atomic mass is 35.5. The van der Waals surface area contributed by atoms with E-state index in [1.165, 1.54) is 0 Å². The molecule has 2 rings (SSSR count). The van der Waals surface area contributed by atoms with Gasteiger partial charge in [0.25, 0.3) is 0 Å². The Hall–Kier alpha value is -0.850. The number of aliphatic hydroxyl groups excluding tert-OH is 1. The lowest BCUT2D eigenvalue weighted by Crippen LogP contribution is -2.52. The van der Waals surface area contributed by atoms with Crippen molar-refractivity contribution in [3.05, 3.63) is 29.3 Å². The number of aliphatic hydroxyl groups is 1. The maximum atomic E-state index is 9.90. The predicted molar refractivity (Wildman–Crippen MR) is 80.0 cm³/mol. The molecule has 1 aliphatic rings. The van der Waals surface area contributed by atoms with Crippen LogP contribution in [0.4, 0.5) is 0 Å². The Morgan fingerprint density at radius 2 is 1.90 bits per heavy atom. The zero-order valence-corrected chi connectivity index (χ0v) is 12.5. The molecule has 0 radical (unpaired) electrons. The molecule has 6 heteroatoms. The molecular weight excluding hydrogens is 278 g/mol. The number of hydrogen-bond donors (Lipinski definition) is 2. The molecule has 1 aliphatic heterocycles. The quantitative estimate of drug-likeness (QED) is 0.815. The number of ether oxygens (including phenoxy) is 1. The summed E-state index contributed by atoms with van der Waals surface area (Å²) in [6.45, 7) is 4.80. The molecule has 0 amide bonds. The summed E-state index contributed by atoms with van der Waals surface area (Å²) in [4.78, 5) is 2.29. The first-order valence-corrected chi connectivity index (χ1v) is 7.25. The van der Waals surface area contributed by atoms with Gasteiger partial charge in [-0.05, 0) is 31.3 Å². The molecule has 112 valence electrons. The maximum absolute atomic E-state index is 9.90. The van der Waals surface area contributed by atoms with Crippen molar-refractivity contribution in [1.82, 2.24) is 15.3 Å². The molecule has 0 spiro atoms. The standard InChI is InChI=1S/C14H22ClN3O2/c1-17-6-8-18(9-7-17)16-10-13(19)11-20-14-4-2-12(15)3-5-14/h2-5,13,16,19H,6-11H2,1H3. The molecule has 5 nitrogen and oxygen atoms in total. The Balaban J connectivity index is 1.62. The first-order chi connectivity index (χ1) is 9.63. The van der Waals surface area contributed by atoms with E-state index in [0.29, 0.717) is 17.3 Å². The predicted octanol–water partition coefficient (Wildman–Crippen LogP) is 0.832. The van der Waals surface area contributed by atoms with Crippen LogP contribution in [0.5, 0.6) is 5.75 Å². The van der Waals surface area contributed by atoms with Gasteiger partial charge >= 0.3 is 0 Å². The van der Waals surface area contributed by atoms with Gasteiger partial charge in [0.05, 0.1) is 0 Å². The normalized spacial score (nSPS) is 18.9. The lowest BCUT2D eigenvalue weighted by molar-refractivity contribution is 0.0548. The highest BCUT2D eigenvalue weighted by Crippen LogP contribution is 2.15. The van der Waals surface area contributed by atoms with Gasteiger partial charge in [-0.25, -0.2) is 5.01 Å². The number of hydrogen-bond acceptors (Lipinski definition) is 5. The Bertz CT molecular complexity index is 394.